The molecule has 0 bridgehead atoms. The average molecular weight is 238 g/mol. The van der Waals surface area contributed by atoms with Crippen LogP contribution in [0.3, 0.4) is 0 Å². The fourth-order valence-electron chi connectivity index (χ4n) is 2.14. The summed E-state index contributed by atoms with van der Waals surface area (Å²) in [5.41, 5.74) is 1.18. The van der Waals surface area contributed by atoms with Crippen LogP contribution in [0.15, 0.2) is 5.38 Å². The van der Waals surface area contributed by atoms with Crippen LogP contribution in [0, 0.1) is 0 Å². The van der Waals surface area contributed by atoms with Crippen molar-refractivity contribution < 1.29 is 4.79 Å². The monoisotopic (exact) mass is 238 g/mol. The smallest absolute Gasteiger partial charge is 0.219 e. The first kappa shape index (κ1) is 11.6. The number of nitrogens with zero attached hydrogens (tertiary/aromatic N) is 2. The van der Waals surface area contributed by atoms with Crippen LogP contribution in [0.1, 0.15) is 43.3 Å². The van der Waals surface area contributed by atoms with Crippen molar-refractivity contribution in [3.05, 3.63) is 16.1 Å². The van der Waals surface area contributed by atoms with Gasteiger partial charge in [-0.25, -0.2) is 4.98 Å². The maximum Gasteiger partial charge on any atom is 0.219 e. The summed E-state index contributed by atoms with van der Waals surface area (Å²) in [5.74, 6) is 0.653. The van der Waals surface area contributed by atoms with E-state index in [0.717, 1.165) is 25.9 Å². The van der Waals surface area contributed by atoms with Crippen LogP contribution in [0.5, 0.6) is 0 Å². The van der Waals surface area contributed by atoms with E-state index in [1.165, 1.54) is 17.1 Å². The molecule has 1 saturated heterocycles. The van der Waals surface area contributed by atoms with Gasteiger partial charge >= 0.3 is 0 Å². The highest BCUT2D eigenvalue weighted by molar-refractivity contribution is 7.09. The number of carbonyl (C=O) groups excluding carboxylic acids is 1. The van der Waals surface area contributed by atoms with E-state index in [1.54, 1.807) is 18.3 Å². The van der Waals surface area contributed by atoms with Gasteiger partial charge in [-0.1, -0.05) is 6.92 Å². The zero-order valence-corrected chi connectivity index (χ0v) is 10.7. The Bertz CT molecular complexity index is 375. The third-order valence-corrected chi connectivity index (χ3v) is 4.20. The van der Waals surface area contributed by atoms with Gasteiger partial charge < -0.3 is 4.90 Å². The Kier molecular flexibility index (Phi) is 3.59. The first-order valence-corrected chi connectivity index (χ1v) is 6.78. The topological polar surface area (TPSA) is 33.2 Å². The maximum atomic E-state index is 11.3. The van der Waals surface area contributed by atoms with Crippen LogP contribution in [-0.4, -0.2) is 28.9 Å². The molecule has 1 aliphatic heterocycles. The highest BCUT2D eigenvalue weighted by atomic mass is 32.1. The Morgan fingerprint density at radius 2 is 2.50 bits per heavy atom. The molecule has 1 atom stereocenters. The van der Waals surface area contributed by atoms with Crippen molar-refractivity contribution in [2.45, 2.75) is 39.0 Å². The molecule has 88 valence electrons. The van der Waals surface area contributed by atoms with E-state index in [2.05, 4.69) is 17.3 Å². The van der Waals surface area contributed by atoms with Crippen molar-refractivity contribution in [3.63, 3.8) is 0 Å². The van der Waals surface area contributed by atoms with Gasteiger partial charge in [-0.15, -0.1) is 11.3 Å². The van der Waals surface area contributed by atoms with Gasteiger partial charge in [0, 0.05) is 31.3 Å². The van der Waals surface area contributed by atoms with E-state index in [0.29, 0.717) is 5.92 Å². The zero-order valence-electron chi connectivity index (χ0n) is 9.90. The first-order chi connectivity index (χ1) is 7.70. The summed E-state index contributed by atoms with van der Waals surface area (Å²) >= 11 is 1.75. The van der Waals surface area contributed by atoms with Crippen molar-refractivity contribution in [2.24, 2.45) is 0 Å². The Labute approximate surface area is 100 Å². The minimum atomic E-state index is 0.192. The maximum absolute atomic E-state index is 11.3. The Balaban J connectivity index is 2.06. The molecule has 0 saturated carbocycles. The van der Waals surface area contributed by atoms with Gasteiger partial charge in [0.25, 0.3) is 0 Å². The number of hydrogen-bond acceptors (Lipinski definition) is 3. The van der Waals surface area contributed by atoms with Crippen molar-refractivity contribution >= 4 is 17.2 Å². The lowest BCUT2D eigenvalue weighted by Crippen LogP contribution is -2.37. The number of piperidine rings is 1. The van der Waals surface area contributed by atoms with E-state index in [1.807, 2.05) is 4.90 Å². The molecular formula is C12H18N2OS. The average Bonchev–Trinajstić information content (AvgIpc) is 2.77. The molecule has 2 heterocycles. The lowest BCUT2D eigenvalue weighted by Gasteiger charge is -2.30. The van der Waals surface area contributed by atoms with Gasteiger partial charge in [0.2, 0.25) is 5.91 Å². The fourth-order valence-corrected chi connectivity index (χ4v) is 3.17. The molecule has 1 fully saturated rings. The van der Waals surface area contributed by atoms with Crippen LogP contribution in [0.2, 0.25) is 0 Å². The van der Waals surface area contributed by atoms with Crippen LogP contribution >= 0.6 is 11.3 Å². The summed E-state index contributed by atoms with van der Waals surface area (Å²) in [6.45, 7) is 5.55. The molecule has 3 nitrogen and oxygen atoms in total. The van der Waals surface area contributed by atoms with E-state index in [9.17, 15) is 4.79 Å². The quantitative estimate of drug-likeness (QED) is 0.793. The summed E-state index contributed by atoms with van der Waals surface area (Å²) in [7, 11) is 0. The van der Waals surface area contributed by atoms with Crippen molar-refractivity contribution in [1.29, 1.82) is 0 Å². The van der Waals surface area contributed by atoms with E-state index in [-0.39, 0.29) is 5.91 Å². The third-order valence-electron chi connectivity index (χ3n) is 3.15. The second kappa shape index (κ2) is 4.95. The van der Waals surface area contributed by atoms with Crippen molar-refractivity contribution in [2.75, 3.05) is 13.1 Å². The van der Waals surface area contributed by atoms with Gasteiger partial charge in [-0.2, -0.15) is 0 Å². The number of likely N-dealkylation sites (tertiary alicyclic amines) is 1. The second-order valence-corrected chi connectivity index (χ2v) is 5.22. The summed E-state index contributed by atoms with van der Waals surface area (Å²) in [5, 5.41) is 3.35. The lowest BCUT2D eigenvalue weighted by atomic mass is 9.99. The first-order valence-electron chi connectivity index (χ1n) is 5.90. The van der Waals surface area contributed by atoms with Crippen LogP contribution in [-0.2, 0) is 11.2 Å². The molecule has 0 aliphatic carbocycles. The highest BCUT2D eigenvalue weighted by Gasteiger charge is 2.24. The molecule has 0 radical (unpaired) electrons. The Hall–Kier alpha value is -0.900. The normalized spacial score (nSPS) is 21.1. The van der Waals surface area contributed by atoms with Crippen LogP contribution in [0.25, 0.3) is 0 Å². The Morgan fingerprint density at radius 1 is 1.69 bits per heavy atom. The summed E-state index contributed by atoms with van der Waals surface area (Å²) in [6.07, 6.45) is 3.27. The van der Waals surface area contributed by atoms with Gasteiger partial charge in [-0.05, 0) is 19.3 Å². The lowest BCUT2D eigenvalue weighted by molar-refractivity contribution is -0.130. The van der Waals surface area contributed by atoms with Crippen molar-refractivity contribution in [3.8, 4) is 0 Å². The van der Waals surface area contributed by atoms with Crippen molar-refractivity contribution in [1.82, 2.24) is 9.88 Å². The van der Waals surface area contributed by atoms with E-state index in [4.69, 9.17) is 0 Å². The molecule has 0 aromatic carbocycles. The molecule has 4 heteroatoms. The number of aryl methyl sites for hydroxylation is 1. The summed E-state index contributed by atoms with van der Waals surface area (Å²) < 4.78 is 0. The molecule has 1 aliphatic rings. The minimum Gasteiger partial charge on any atom is -0.342 e. The number of thiazole rings is 1. The third kappa shape index (κ3) is 2.43. The number of hydrogen-bond donors (Lipinski definition) is 0. The van der Waals surface area contributed by atoms with E-state index >= 15 is 0 Å². The SMILES string of the molecule is CCc1csc([C@@H]2CCCN(C(C)=O)C2)n1. The molecule has 2 rings (SSSR count). The highest BCUT2D eigenvalue weighted by Crippen LogP contribution is 2.29. The predicted octanol–water partition coefficient (Wildman–Crippen LogP) is 2.43. The molecule has 1 aromatic heterocycles. The van der Waals surface area contributed by atoms with Gasteiger partial charge in [0.15, 0.2) is 0 Å². The summed E-state index contributed by atoms with van der Waals surface area (Å²) in [4.78, 5) is 17.9. The number of amides is 1. The van der Waals surface area contributed by atoms with Crippen LogP contribution in [0.4, 0.5) is 0 Å². The van der Waals surface area contributed by atoms with Gasteiger partial charge in [-0.3, -0.25) is 4.79 Å². The Morgan fingerprint density at radius 3 is 3.12 bits per heavy atom. The van der Waals surface area contributed by atoms with Gasteiger partial charge in [0.1, 0.15) is 0 Å². The zero-order chi connectivity index (χ0) is 11.5. The molecule has 16 heavy (non-hydrogen) atoms. The molecule has 1 aromatic rings. The van der Waals surface area contributed by atoms with Gasteiger partial charge in [0.05, 0.1) is 10.7 Å². The number of aromatic nitrogens is 1. The standard InChI is InChI=1S/C12H18N2OS/c1-3-11-8-16-12(13-11)10-5-4-6-14(7-10)9(2)15/h8,10H,3-7H2,1-2H3/t10-/m1/s1. The number of rotatable bonds is 2. The fraction of sp³-hybridized carbons (Fsp3) is 0.667. The minimum absolute atomic E-state index is 0.192. The predicted molar refractivity (Wildman–Crippen MR) is 65.7 cm³/mol. The molecule has 0 N–H and O–H groups in total. The van der Waals surface area contributed by atoms with E-state index < -0.39 is 0 Å². The second-order valence-electron chi connectivity index (χ2n) is 4.33. The largest absolute Gasteiger partial charge is 0.342 e. The molecule has 1 amide bonds. The van der Waals surface area contributed by atoms with Crippen LogP contribution < -0.4 is 0 Å². The number of carbonyl (C=O) groups is 1. The molecule has 0 spiro atoms. The molecule has 0 unspecified atom stereocenters. The molecular weight excluding hydrogens is 220 g/mol. The summed E-state index contributed by atoms with van der Waals surface area (Å²) in [6, 6.07) is 0.